The molecule has 2 N–H and O–H groups in total. The maximum absolute atomic E-state index is 12.0. The molecule has 0 aliphatic rings. The SMILES string of the molecule is C=CC(=O)OCCNC(=O)NCc1c2ccccc2cc2ccccc12. The standard InChI is InChI=1S/C21H20N2O3/c1-2-20(24)26-12-11-22-21(25)23-14-19-17-9-5-3-7-15(17)13-16-8-4-6-10-18(16)19/h2-10,13H,1,11-12,14H2,(H2,22,23,25). The summed E-state index contributed by atoms with van der Waals surface area (Å²) in [6, 6.07) is 18.1. The molecule has 0 radical (unpaired) electrons. The van der Waals surface area contributed by atoms with Crippen molar-refractivity contribution in [2.75, 3.05) is 13.2 Å². The molecule has 5 nitrogen and oxygen atoms in total. The first kappa shape index (κ1) is 17.5. The fourth-order valence-corrected chi connectivity index (χ4v) is 2.90. The van der Waals surface area contributed by atoms with Gasteiger partial charge < -0.3 is 15.4 Å². The Morgan fingerprint density at radius 2 is 1.58 bits per heavy atom. The van der Waals surface area contributed by atoms with Crippen LogP contribution in [0.2, 0.25) is 0 Å². The average Bonchev–Trinajstić information content (AvgIpc) is 2.68. The van der Waals surface area contributed by atoms with Crippen molar-refractivity contribution in [3.05, 3.63) is 72.8 Å². The molecular weight excluding hydrogens is 328 g/mol. The number of nitrogens with one attached hydrogen (secondary N) is 2. The van der Waals surface area contributed by atoms with Crippen LogP contribution in [0.5, 0.6) is 0 Å². The molecule has 0 aliphatic carbocycles. The molecular formula is C21H20N2O3. The maximum Gasteiger partial charge on any atom is 0.330 e. The van der Waals surface area contributed by atoms with Gasteiger partial charge in [-0.2, -0.15) is 0 Å². The molecule has 2 amide bonds. The van der Waals surface area contributed by atoms with Gasteiger partial charge in [0, 0.05) is 12.6 Å². The third kappa shape index (κ3) is 4.00. The second-order valence-electron chi connectivity index (χ2n) is 5.78. The van der Waals surface area contributed by atoms with Crippen LogP contribution >= 0.6 is 0 Å². The van der Waals surface area contributed by atoms with Crippen LogP contribution in [0.4, 0.5) is 4.79 Å². The molecule has 3 aromatic carbocycles. The van der Waals surface area contributed by atoms with Gasteiger partial charge in [-0.1, -0.05) is 55.1 Å². The van der Waals surface area contributed by atoms with Gasteiger partial charge in [-0.15, -0.1) is 0 Å². The number of esters is 1. The fourth-order valence-electron chi connectivity index (χ4n) is 2.90. The smallest absolute Gasteiger partial charge is 0.330 e. The van der Waals surface area contributed by atoms with Crippen molar-refractivity contribution in [1.82, 2.24) is 10.6 Å². The van der Waals surface area contributed by atoms with E-state index >= 15 is 0 Å². The predicted octanol–water partition coefficient (Wildman–Crippen LogP) is 3.52. The molecule has 0 heterocycles. The third-order valence-corrected chi connectivity index (χ3v) is 4.11. The van der Waals surface area contributed by atoms with E-state index in [9.17, 15) is 9.59 Å². The van der Waals surface area contributed by atoms with Crippen molar-refractivity contribution >= 4 is 33.5 Å². The Balaban J connectivity index is 1.70. The summed E-state index contributed by atoms with van der Waals surface area (Å²) in [5, 5.41) is 10.1. The lowest BCUT2D eigenvalue weighted by atomic mass is 9.97. The Labute approximate surface area is 151 Å². The third-order valence-electron chi connectivity index (χ3n) is 4.11. The molecule has 0 aliphatic heterocycles. The number of hydrogen-bond acceptors (Lipinski definition) is 3. The molecule has 3 aromatic rings. The second kappa shape index (κ2) is 8.16. The summed E-state index contributed by atoms with van der Waals surface area (Å²) in [6.07, 6.45) is 1.09. The molecule has 5 heteroatoms. The van der Waals surface area contributed by atoms with Crippen LogP contribution in [0, 0.1) is 0 Å². The van der Waals surface area contributed by atoms with E-state index in [4.69, 9.17) is 4.74 Å². The lowest BCUT2D eigenvalue weighted by Crippen LogP contribution is -2.37. The minimum atomic E-state index is -0.505. The second-order valence-corrected chi connectivity index (χ2v) is 5.78. The van der Waals surface area contributed by atoms with Crippen LogP contribution in [-0.2, 0) is 16.1 Å². The zero-order valence-corrected chi connectivity index (χ0v) is 14.3. The number of fused-ring (bicyclic) bond motifs is 2. The van der Waals surface area contributed by atoms with Gasteiger partial charge in [-0.25, -0.2) is 9.59 Å². The molecule has 0 atom stereocenters. The Kier molecular flexibility index (Phi) is 5.49. The van der Waals surface area contributed by atoms with Crippen LogP contribution in [0.1, 0.15) is 5.56 Å². The number of amides is 2. The van der Waals surface area contributed by atoms with E-state index in [1.165, 1.54) is 0 Å². The summed E-state index contributed by atoms with van der Waals surface area (Å²) in [7, 11) is 0. The van der Waals surface area contributed by atoms with Crippen molar-refractivity contribution < 1.29 is 14.3 Å². The van der Waals surface area contributed by atoms with E-state index in [-0.39, 0.29) is 19.2 Å². The van der Waals surface area contributed by atoms with E-state index in [0.29, 0.717) is 6.54 Å². The van der Waals surface area contributed by atoms with Crippen molar-refractivity contribution in [2.24, 2.45) is 0 Å². The molecule has 0 bridgehead atoms. The van der Waals surface area contributed by atoms with E-state index in [1.54, 1.807) is 0 Å². The largest absolute Gasteiger partial charge is 0.461 e. The lowest BCUT2D eigenvalue weighted by Gasteiger charge is -2.13. The molecule has 0 saturated heterocycles. The van der Waals surface area contributed by atoms with Crippen LogP contribution in [0.3, 0.4) is 0 Å². The number of benzene rings is 3. The van der Waals surface area contributed by atoms with Gasteiger partial charge in [-0.05, 0) is 33.2 Å². The van der Waals surface area contributed by atoms with E-state index in [2.05, 4.69) is 47.5 Å². The molecule has 0 fully saturated rings. The molecule has 3 rings (SSSR count). The highest BCUT2D eigenvalue weighted by Crippen LogP contribution is 2.28. The zero-order chi connectivity index (χ0) is 18.4. The molecule has 0 unspecified atom stereocenters. The van der Waals surface area contributed by atoms with Crippen molar-refractivity contribution in [3.8, 4) is 0 Å². The summed E-state index contributed by atoms with van der Waals surface area (Å²) in [4.78, 5) is 23.0. The number of urea groups is 1. The van der Waals surface area contributed by atoms with Gasteiger partial charge in [0.1, 0.15) is 6.61 Å². The van der Waals surface area contributed by atoms with Gasteiger partial charge in [0.2, 0.25) is 0 Å². The van der Waals surface area contributed by atoms with Crippen molar-refractivity contribution in [2.45, 2.75) is 6.54 Å². The maximum atomic E-state index is 12.0. The molecule has 0 spiro atoms. The van der Waals surface area contributed by atoms with E-state index in [1.807, 2.05) is 24.3 Å². The molecule has 0 aromatic heterocycles. The van der Waals surface area contributed by atoms with Crippen LogP contribution in [-0.4, -0.2) is 25.2 Å². The highest BCUT2D eigenvalue weighted by Gasteiger charge is 2.09. The Morgan fingerprint density at radius 1 is 0.962 bits per heavy atom. The minimum Gasteiger partial charge on any atom is -0.461 e. The summed E-state index contributed by atoms with van der Waals surface area (Å²) in [6.45, 7) is 4.06. The summed E-state index contributed by atoms with van der Waals surface area (Å²) < 4.78 is 4.82. The number of hydrogen-bond donors (Lipinski definition) is 2. The average molecular weight is 348 g/mol. The Morgan fingerprint density at radius 3 is 2.19 bits per heavy atom. The van der Waals surface area contributed by atoms with Crippen molar-refractivity contribution in [1.29, 1.82) is 0 Å². The molecule has 0 saturated carbocycles. The van der Waals surface area contributed by atoms with Crippen molar-refractivity contribution in [3.63, 3.8) is 0 Å². The van der Waals surface area contributed by atoms with Gasteiger partial charge in [0.25, 0.3) is 0 Å². The van der Waals surface area contributed by atoms with Gasteiger partial charge >= 0.3 is 12.0 Å². The first-order chi connectivity index (χ1) is 12.7. The number of ether oxygens (including phenoxy) is 1. The highest BCUT2D eigenvalue weighted by atomic mass is 16.5. The monoisotopic (exact) mass is 348 g/mol. The van der Waals surface area contributed by atoms with E-state index in [0.717, 1.165) is 33.2 Å². The molecule has 26 heavy (non-hydrogen) atoms. The number of rotatable bonds is 6. The van der Waals surface area contributed by atoms with Gasteiger partial charge in [0.15, 0.2) is 0 Å². The van der Waals surface area contributed by atoms with Crippen LogP contribution in [0.25, 0.3) is 21.5 Å². The summed E-state index contributed by atoms with van der Waals surface area (Å²) in [5.41, 5.74) is 1.08. The lowest BCUT2D eigenvalue weighted by molar-refractivity contribution is -0.137. The first-order valence-corrected chi connectivity index (χ1v) is 8.39. The normalized spacial score (nSPS) is 10.5. The zero-order valence-electron chi connectivity index (χ0n) is 14.3. The van der Waals surface area contributed by atoms with Gasteiger partial charge in [-0.3, -0.25) is 0 Å². The van der Waals surface area contributed by atoms with Gasteiger partial charge in [0.05, 0.1) is 6.54 Å². The van der Waals surface area contributed by atoms with E-state index < -0.39 is 5.97 Å². The Hall–Kier alpha value is -3.34. The fraction of sp³-hybridized carbons (Fsp3) is 0.143. The highest BCUT2D eigenvalue weighted by molar-refractivity contribution is 6.02. The molecule has 132 valence electrons. The summed E-state index contributed by atoms with van der Waals surface area (Å²) >= 11 is 0. The minimum absolute atomic E-state index is 0.107. The van der Waals surface area contributed by atoms with Crippen LogP contribution < -0.4 is 10.6 Å². The number of carbonyl (C=O) groups excluding carboxylic acids is 2. The summed E-state index contributed by atoms with van der Waals surface area (Å²) in [5.74, 6) is -0.505. The number of carbonyl (C=O) groups is 2. The quantitative estimate of drug-likeness (QED) is 0.310. The first-order valence-electron chi connectivity index (χ1n) is 8.39. The Bertz CT molecular complexity index is 912. The van der Waals surface area contributed by atoms with Crippen LogP contribution in [0.15, 0.2) is 67.3 Å². The topological polar surface area (TPSA) is 67.4 Å². The predicted molar refractivity (Wildman–Crippen MR) is 103 cm³/mol.